The van der Waals surface area contributed by atoms with E-state index in [2.05, 4.69) is 4.90 Å². The van der Waals surface area contributed by atoms with E-state index in [1.54, 1.807) is 6.07 Å². The fourth-order valence-corrected chi connectivity index (χ4v) is 2.65. The Morgan fingerprint density at radius 2 is 2.15 bits per heavy atom. The van der Waals surface area contributed by atoms with Crippen LogP contribution in [0, 0.1) is 0 Å². The van der Waals surface area contributed by atoms with Crippen molar-refractivity contribution in [1.29, 1.82) is 0 Å². The van der Waals surface area contributed by atoms with Crippen LogP contribution in [0.15, 0.2) is 34.7 Å². The highest BCUT2D eigenvalue weighted by atomic mass is 16.3. The van der Waals surface area contributed by atoms with Gasteiger partial charge in [-0.3, -0.25) is 9.69 Å². The Bertz CT molecular complexity index is 568. The van der Waals surface area contributed by atoms with Gasteiger partial charge in [0.15, 0.2) is 5.76 Å². The van der Waals surface area contributed by atoms with Gasteiger partial charge < -0.3 is 9.52 Å². The fraction of sp³-hybridized carbons (Fsp3) is 0.438. The predicted octanol–water partition coefficient (Wildman–Crippen LogP) is 2.46. The first-order valence-corrected chi connectivity index (χ1v) is 7.14. The van der Waals surface area contributed by atoms with Crippen LogP contribution in [0.1, 0.15) is 29.8 Å². The lowest BCUT2D eigenvalue weighted by atomic mass is 9.91. The van der Waals surface area contributed by atoms with E-state index in [1.165, 1.54) is 6.42 Å². The Balaban J connectivity index is 1.73. The number of hydrogen-bond acceptors (Lipinski definition) is 4. The fourth-order valence-electron chi connectivity index (χ4n) is 2.65. The molecule has 1 N–H and O–H groups in total. The molecule has 0 spiro atoms. The number of Topliss-reactive ketones (excluding diaryl/α,β-unsaturated/α-hetero) is 1. The highest BCUT2D eigenvalue weighted by Gasteiger charge is 2.27. The summed E-state index contributed by atoms with van der Waals surface area (Å²) in [7, 11) is 0. The second-order valence-corrected chi connectivity index (χ2v) is 5.35. The molecule has 0 amide bonds. The largest absolute Gasteiger partial charge is 0.453 e. The maximum absolute atomic E-state index is 12.3. The van der Waals surface area contributed by atoms with Crippen molar-refractivity contribution >= 4 is 16.8 Å². The third kappa shape index (κ3) is 2.62. The molecular formula is C16H19NO3. The quantitative estimate of drug-likeness (QED) is 0.821. The molecular weight excluding hydrogens is 254 g/mol. The van der Waals surface area contributed by atoms with Gasteiger partial charge in [0.05, 0.1) is 13.2 Å². The van der Waals surface area contributed by atoms with E-state index in [0.717, 1.165) is 23.8 Å². The first-order valence-electron chi connectivity index (χ1n) is 7.14. The van der Waals surface area contributed by atoms with Crippen molar-refractivity contribution in [3.05, 3.63) is 36.1 Å². The highest BCUT2D eigenvalue weighted by Crippen LogP contribution is 2.25. The van der Waals surface area contributed by atoms with E-state index < -0.39 is 0 Å². The second kappa shape index (κ2) is 5.77. The van der Waals surface area contributed by atoms with Crippen molar-refractivity contribution in [3.63, 3.8) is 0 Å². The zero-order valence-electron chi connectivity index (χ0n) is 11.4. The second-order valence-electron chi connectivity index (χ2n) is 5.35. The SMILES string of the molecule is O=C(CN(CCO)C1CCC1)c1cc2ccccc2o1. The minimum Gasteiger partial charge on any atom is -0.453 e. The first kappa shape index (κ1) is 13.3. The standard InChI is InChI=1S/C16H19NO3/c18-9-8-17(13-5-3-6-13)11-14(19)16-10-12-4-1-2-7-15(12)20-16/h1-2,4,7,10,13,18H,3,5-6,8-9,11H2. The summed E-state index contributed by atoms with van der Waals surface area (Å²) in [4.78, 5) is 14.4. The van der Waals surface area contributed by atoms with Gasteiger partial charge in [0.25, 0.3) is 0 Å². The van der Waals surface area contributed by atoms with E-state index in [0.29, 0.717) is 24.9 Å². The zero-order chi connectivity index (χ0) is 13.9. The van der Waals surface area contributed by atoms with Crippen LogP contribution in [-0.4, -0.2) is 41.5 Å². The summed E-state index contributed by atoms with van der Waals surface area (Å²) in [5.74, 6) is 0.398. The van der Waals surface area contributed by atoms with Crippen LogP contribution in [0.5, 0.6) is 0 Å². The molecule has 3 rings (SSSR count). The van der Waals surface area contributed by atoms with Crippen LogP contribution in [0.2, 0.25) is 0 Å². The number of aliphatic hydroxyl groups excluding tert-OH is 1. The average Bonchev–Trinajstić information content (AvgIpc) is 2.80. The van der Waals surface area contributed by atoms with Gasteiger partial charge in [-0.25, -0.2) is 0 Å². The maximum Gasteiger partial charge on any atom is 0.211 e. The molecule has 2 aromatic rings. The van der Waals surface area contributed by atoms with Gasteiger partial charge in [0.1, 0.15) is 5.58 Å². The lowest BCUT2D eigenvalue weighted by molar-refractivity contribution is 0.0727. The summed E-state index contributed by atoms with van der Waals surface area (Å²) < 4.78 is 5.60. The number of aliphatic hydroxyl groups is 1. The summed E-state index contributed by atoms with van der Waals surface area (Å²) in [5.41, 5.74) is 0.744. The molecule has 1 saturated carbocycles. The van der Waals surface area contributed by atoms with E-state index in [4.69, 9.17) is 9.52 Å². The monoisotopic (exact) mass is 273 g/mol. The van der Waals surface area contributed by atoms with Crippen molar-refractivity contribution in [1.82, 2.24) is 4.90 Å². The number of fused-ring (bicyclic) bond motifs is 1. The normalized spacial score (nSPS) is 15.7. The minimum atomic E-state index is -0.0125. The van der Waals surface area contributed by atoms with Gasteiger partial charge in [0.2, 0.25) is 5.78 Å². The number of carbonyl (C=O) groups excluding carboxylic acids is 1. The average molecular weight is 273 g/mol. The molecule has 0 unspecified atom stereocenters. The lowest BCUT2D eigenvalue weighted by Gasteiger charge is -2.36. The maximum atomic E-state index is 12.3. The minimum absolute atomic E-state index is 0.0125. The molecule has 1 heterocycles. The third-order valence-corrected chi connectivity index (χ3v) is 4.03. The van der Waals surface area contributed by atoms with Gasteiger partial charge in [-0.1, -0.05) is 24.6 Å². The number of benzene rings is 1. The van der Waals surface area contributed by atoms with E-state index in [1.807, 2.05) is 24.3 Å². The smallest absolute Gasteiger partial charge is 0.211 e. The molecule has 1 aromatic carbocycles. The molecule has 4 heteroatoms. The Hall–Kier alpha value is -1.65. The zero-order valence-corrected chi connectivity index (χ0v) is 11.4. The molecule has 106 valence electrons. The van der Waals surface area contributed by atoms with Crippen LogP contribution in [0.4, 0.5) is 0 Å². The van der Waals surface area contributed by atoms with E-state index in [9.17, 15) is 4.79 Å². The summed E-state index contributed by atoms with van der Waals surface area (Å²) in [6, 6.07) is 9.87. The van der Waals surface area contributed by atoms with Gasteiger partial charge in [-0.2, -0.15) is 0 Å². The molecule has 20 heavy (non-hydrogen) atoms. The van der Waals surface area contributed by atoms with E-state index in [-0.39, 0.29) is 12.4 Å². The van der Waals surface area contributed by atoms with Crippen LogP contribution in [0.3, 0.4) is 0 Å². The summed E-state index contributed by atoms with van der Waals surface area (Å²) in [6.07, 6.45) is 3.45. The molecule has 0 bridgehead atoms. The molecule has 0 atom stereocenters. The van der Waals surface area contributed by atoms with Crippen LogP contribution in [0.25, 0.3) is 11.0 Å². The number of nitrogens with zero attached hydrogens (tertiary/aromatic N) is 1. The number of furan rings is 1. The molecule has 4 nitrogen and oxygen atoms in total. The molecule has 1 aromatic heterocycles. The molecule has 0 aliphatic heterocycles. The van der Waals surface area contributed by atoms with E-state index >= 15 is 0 Å². The number of ketones is 1. The van der Waals surface area contributed by atoms with Gasteiger partial charge in [0, 0.05) is 18.0 Å². The first-order chi connectivity index (χ1) is 9.78. The molecule has 1 fully saturated rings. The summed E-state index contributed by atoms with van der Waals surface area (Å²) in [6.45, 7) is 0.964. The summed E-state index contributed by atoms with van der Waals surface area (Å²) in [5, 5.41) is 10.1. The van der Waals surface area contributed by atoms with Crippen molar-refractivity contribution in [2.45, 2.75) is 25.3 Å². The van der Waals surface area contributed by atoms with Gasteiger partial charge in [-0.15, -0.1) is 0 Å². The summed E-state index contributed by atoms with van der Waals surface area (Å²) >= 11 is 0. The third-order valence-electron chi connectivity index (χ3n) is 4.03. The number of hydrogen-bond donors (Lipinski definition) is 1. The van der Waals surface area contributed by atoms with Crippen molar-refractivity contribution in [3.8, 4) is 0 Å². The van der Waals surface area contributed by atoms with Crippen LogP contribution in [-0.2, 0) is 0 Å². The lowest BCUT2D eigenvalue weighted by Crippen LogP contribution is -2.44. The van der Waals surface area contributed by atoms with Crippen LogP contribution < -0.4 is 0 Å². The van der Waals surface area contributed by atoms with Crippen LogP contribution >= 0.6 is 0 Å². The Kier molecular flexibility index (Phi) is 3.85. The van der Waals surface area contributed by atoms with Crippen molar-refractivity contribution in [2.75, 3.05) is 19.7 Å². The van der Waals surface area contributed by atoms with Gasteiger partial charge >= 0.3 is 0 Å². The predicted molar refractivity (Wildman–Crippen MR) is 76.8 cm³/mol. The van der Waals surface area contributed by atoms with Crippen molar-refractivity contribution < 1.29 is 14.3 Å². The molecule has 1 aliphatic carbocycles. The number of rotatable bonds is 6. The topological polar surface area (TPSA) is 53.7 Å². The Morgan fingerprint density at radius 3 is 2.80 bits per heavy atom. The van der Waals surface area contributed by atoms with Crippen molar-refractivity contribution in [2.24, 2.45) is 0 Å². The molecule has 0 radical (unpaired) electrons. The highest BCUT2D eigenvalue weighted by molar-refractivity contribution is 5.98. The number of para-hydroxylation sites is 1. The Morgan fingerprint density at radius 1 is 1.35 bits per heavy atom. The molecule has 1 aliphatic rings. The molecule has 0 saturated heterocycles. The Labute approximate surface area is 118 Å². The number of carbonyl (C=O) groups is 1. The van der Waals surface area contributed by atoms with Gasteiger partial charge in [-0.05, 0) is 25.0 Å².